The van der Waals surface area contributed by atoms with Crippen LogP contribution in [-0.2, 0) is 9.53 Å². The highest BCUT2D eigenvalue weighted by atomic mass is 19.3. The van der Waals surface area contributed by atoms with Crippen LogP contribution in [0.4, 0.5) is 19.0 Å². The molecular weight excluding hydrogens is 489 g/mol. The Morgan fingerprint density at radius 3 is 2.68 bits per heavy atom. The summed E-state index contributed by atoms with van der Waals surface area (Å²) in [5.41, 5.74) is 0.0539. The number of nitrogens with zero attached hydrogens (tertiary/aromatic N) is 3. The van der Waals surface area contributed by atoms with Gasteiger partial charge in [0, 0.05) is 29.4 Å². The highest BCUT2D eigenvalue weighted by molar-refractivity contribution is 5.96. The monoisotopic (exact) mass is 516 g/mol. The van der Waals surface area contributed by atoms with E-state index in [1.54, 1.807) is 30.9 Å². The molecule has 0 aliphatic carbocycles. The van der Waals surface area contributed by atoms with Crippen molar-refractivity contribution in [3.63, 3.8) is 0 Å². The summed E-state index contributed by atoms with van der Waals surface area (Å²) in [6.07, 6.45) is -3.79. The minimum Gasteiger partial charge on any atom is -0.485 e. The summed E-state index contributed by atoms with van der Waals surface area (Å²) in [5, 5.41) is 12.8. The molecule has 3 heterocycles. The van der Waals surface area contributed by atoms with Gasteiger partial charge in [-0.1, -0.05) is 18.2 Å². The minimum absolute atomic E-state index is 0.0539. The Morgan fingerprint density at radius 2 is 1.92 bits per heavy atom. The predicted molar refractivity (Wildman–Crippen MR) is 130 cm³/mol. The van der Waals surface area contributed by atoms with Crippen LogP contribution in [0.1, 0.15) is 43.1 Å². The van der Waals surface area contributed by atoms with E-state index in [1.165, 1.54) is 12.1 Å². The maximum absolute atomic E-state index is 14.7. The Balaban J connectivity index is 1.44. The molecule has 1 saturated heterocycles. The lowest BCUT2D eigenvalue weighted by Gasteiger charge is -2.35. The summed E-state index contributed by atoms with van der Waals surface area (Å²) < 4.78 is 58.6. The molecule has 0 radical (unpaired) electrons. The van der Waals surface area contributed by atoms with Crippen LogP contribution >= 0.6 is 0 Å². The van der Waals surface area contributed by atoms with Gasteiger partial charge >= 0.3 is 0 Å². The van der Waals surface area contributed by atoms with Crippen LogP contribution in [0.5, 0.6) is 11.5 Å². The maximum atomic E-state index is 14.7. The van der Waals surface area contributed by atoms with E-state index in [-0.39, 0.29) is 24.2 Å². The number of alkyl halides is 2. The van der Waals surface area contributed by atoms with Gasteiger partial charge in [-0.2, -0.15) is 5.10 Å². The average molecular weight is 517 g/mol. The van der Waals surface area contributed by atoms with Crippen molar-refractivity contribution in [3.8, 4) is 11.5 Å². The Morgan fingerprint density at radius 1 is 1.16 bits per heavy atom. The third kappa shape index (κ3) is 4.87. The lowest BCUT2D eigenvalue weighted by atomic mass is 10.0. The van der Waals surface area contributed by atoms with E-state index in [1.807, 2.05) is 6.92 Å². The third-order valence-electron chi connectivity index (χ3n) is 6.63. The molecule has 5 rings (SSSR count). The molecule has 2 aliphatic rings. The molecule has 1 N–H and O–H groups in total. The molecule has 0 spiro atoms. The van der Waals surface area contributed by atoms with Crippen LogP contribution in [-0.4, -0.2) is 59.5 Å². The van der Waals surface area contributed by atoms with E-state index < -0.39 is 30.0 Å². The van der Waals surface area contributed by atoms with Gasteiger partial charge in [0.15, 0.2) is 17.3 Å². The standard InChI is InChI=1S/C26H27F3N4O4/c1-13-11-33(7-8-35-13)26(34)22-12-36-20-9-18-15(3)31-32-25(19(18)10-21(20)37-22)30-14(2)16-5-4-6-17(23(16)27)24(28)29/h4-6,9-10,13-14,22,24H,7-8,11-12H2,1-3H3,(H,30,32). The molecule has 2 aliphatic heterocycles. The van der Waals surface area contributed by atoms with Gasteiger partial charge < -0.3 is 24.4 Å². The van der Waals surface area contributed by atoms with Crippen LogP contribution < -0.4 is 14.8 Å². The van der Waals surface area contributed by atoms with Crippen molar-refractivity contribution < 1.29 is 32.2 Å². The van der Waals surface area contributed by atoms with E-state index in [9.17, 15) is 18.0 Å². The molecule has 3 unspecified atom stereocenters. The van der Waals surface area contributed by atoms with Crippen molar-refractivity contribution in [1.29, 1.82) is 0 Å². The number of rotatable bonds is 5. The number of nitrogens with one attached hydrogen (secondary N) is 1. The van der Waals surface area contributed by atoms with Crippen molar-refractivity contribution in [1.82, 2.24) is 15.1 Å². The number of aromatic nitrogens is 2. The fourth-order valence-corrected chi connectivity index (χ4v) is 4.65. The number of carbonyl (C=O) groups excluding carboxylic acids is 1. The number of morpholine rings is 1. The molecule has 1 amide bonds. The van der Waals surface area contributed by atoms with Crippen LogP contribution in [0.3, 0.4) is 0 Å². The molecule has 196 valence electrons. The Kier molecular flexibility index (Phi) is 6.80. The van der Waals surface area contributed by atoms with Crippen molar-refractivity contribution in [2.45, 2.75) is 45.4 Å². The number of hydrogen-bond acceptors (Lipinski definition) is 7. The molecule has 1 aromatic heterocycles. The fraction of sp³-hybridized carbons (Fsp3) is 0.423. The number of anilines is 1. The highest BCUT2D eigenvalue weighted by Gasteiger charge is 2.34. The van der Waals surface area contributed by atoms with Crippen molar-refractivity contribution in [2.24, 2.45) is 0 Å². The number of halogens is 3. The molecular formula is C26H27F3N4O4. The fourth-order valence-electron chi connectivity index (χ4n) is 4.65. The molecule has 8 nitrogen and oxygen atoms in total. The number of benzene rings is 2. The number of carbonyl (C=O) groups is 1. The van der Waals surface area contributed by atoms with E-state index in [0.717, 1.165) is 11.5 Å². The first-order valence-corrected chi connectivity index (χ1v) is 12.1. The second-order valence-electron chi connectivity index (χ2n) is 9.28. The first kappa shape index (κ1) is 25.1. The normalized spacial score (nSPS) is 20.2. The lowest BCUT2D eigenvalue weighted by Crippen LogP contribution is -2.52. The number of hydrogen-bond donors (Lipinski definition) is 1. The summed E-state index contributed by atoms with van der Waals surface area (Å²) in [6, 6.07) is 6.69. The molecule has 1 fully saturated rings. The largest absolute Gasteiger partial charge is 0.485 e. The van der Waals surface area contributed by atoms with E-state index in [2.05, 4.69) is 15.5 Å². The molecule has 0 bridgehead atoms. The SMILES string of the molecule is Cc1nnc(NC(C)c2cccc(C(F)F)c2F)c2cc3c(cc12)OCC(C(=O)N1CCOC(C)C1)O3. The minimum atomic E-state index is -2.92. The maximum Gasteiger partial charge on any atom is 0.267 e. The average Bonchev–Trinajstić information content (AvgIpc) is 2.88. The number of ether oxygens (including phenoxy) is 3. The van der Waals surface area contributed by atoms with Crippen LogP contribution in [0.25, 0.3) is 10.8 Å². The smallest absolute Gasteiger partial charge is 0.267 e. The first-order chi connectivity index (χ1) is 17.7. The van der Waals surface area contributed by atoms with Crippen LogP contribution in [0, 0.1) is 12.7 Å². The molecule has 3 aromatic rings. The second-order valence-corrected chi connectivity index (χ2v) is 9.28. The van der Waals surface area contributed by atoms with Crippen LogP contribution in [0.15, 0.2) is 30.3 Å². The Bertz CT molecular complexity index is 1340. The first-order valence-electron chi connectivity index (χ1n) is 12.1. The van der Waals surface area contributed by atoms with Gasteiger partial charge in [0.05, 0.1) is 30.0 Å². The number of amides is 1. The molecule has 37 heavy (non-hydrogen) atoms. The molecule has 3 atom stereocenters. The van der Waals surface area contributed by atoms with Gasteiger partial charge in [0.2, 0.25) is 6.10 Å². The van der Waals surface area contributed by atoms with Gasteiger partial charge in [-0.15, -0.1) is 5.10 Å². The Labute approximate surface area is 211 Å². The summed E-state index contributed by atoms with van der Waals surface area (Å²) in [5.74, 6) is 0.0166. The molecule has 2 aromatic carbocycles. The summed E-state index contributed by atoms with van der Waals surface area (Å²) >= 11 is 0. The van der Waals surface area contributed by atoms with E-state index in [0.29, 0.717) is 48.1 Å². The topological polar surface area (TPSA) is 85.8 Å². The van der Waals surface area contributed by atoms with Crippen molar-refractivity contribution in [3.05, 3.63) is 53.0 Å². The Hall–Kier alpha value is -3.60. The van der Waals surface area contributed by atoms with Gasteiger partial charge in [-0.3, -0.25) is 4.79 Å². The summed E-state index contributed by atoms with van der Waals surface area (Å²) in [7, 11) is 0. The summed E-state index contributed by atoms with van der Waals surface area (Å²) in [6.45, 7) is 6.85. The van der Waals surface area contributed by atoms with E-state index in [4.69, 9.17) is 14.2 Å². The zero-order valence-electron chi connectivity index (χ0n) is 20.6. The second kappa shape index (κ2) is 10.0. The van der Waals surface area contributed by atoms with Crippen LogP contribution in [0.2, 0.25) is 0 Å². The molecule has 0 saturated carbocycles. The number of fused-ring (bicyclic) bond motifs is 2. The van der Waals surface area contributed by atoms with Gasteiger partial charge in [0.25, 0.3) is 12.3 Å². The zero-order valence-corrected chi connectivity index (χ0v) is 20.6. The quantitative estimate of drug-likeness (QED) is 0.532. The predicted octanol–water partition coefficient (Wildman–Crippen LogP) is 4.58. The molecule has 11 heteroatoms. The van der Waals surface area contributed by atoms with Gasteiger partial charge in [-0.25, -0.2) is 13.2 Å². The van der Waals surface area contributed by atoms with Crippen molar-refractivity contribution in [2.75, 3.05) is 31.6 Å². The lowest BCUT2D eigenvalue weighted by molar-refractivity contribution is -0.148. The van der Waals surface area contributed by atoms with Gasteiger partial charge in [-0.05, 0) is 32.9 Å². The third-order valence-corrected chi connectivity index (χ3v) is 6.63. The van der Waals surface area contributed by atoms with E-state index >= 15 is 0 Å². The number of aryl methyl sites for hydroxylation is 1. The van der Waals surface area contributed by atoms with Gasteiger partial charge in [0.1, 0.15) is 12.4 Å². The summed E-state index contributed by atoms with van der Waals surface area (Å²) in [4.78, 5) is 14.8. The zero-order chi connectivity index (χ0) is 26.3. The van der Waals surface area contributed by atoms with Crippen molar-refractivity contribution >= 4 is 22.5 Å². The highest BCUT2D eigenvalue weighted by Crippen LogP contribution is 2.39.